The summed E-state index contributed by atoms with van der Waals surface area (Å²) in [6.07, 6.45) is -0.315. The number of aliphatic carboxylic acids is 1. The maximum absolute atomic E-state index is 12.2. The molecule has 0 saturated carbocycles. The summed E-state index contributed by atoms with van der Waals surface area (Å²) in [4.78, 5) is 35.5. The van der Waals surface area contributed by atoms with Gasteiger partial charge in [0.15, 0.2) is 0 Å². The summed E-state index contributed by atoms with van der Waals surface area (Å²) in [7, 11) is 0. The van der Waals surface area contributed by atoms with Crippen LogP contribution >= 0.6 is 0 Å². The number of hydrogen-bond donors (Lipinski definition) is 3. The Labute approximate surface area is 114 Å². The number of carbonyl (C=O) groups excluding carboxylic acids is 2. The van der Waals surface area contributed by atoms with Crippen LogP contribution in [-0.4, -0.2) is 38.9 Å². The van der Waals surface area contributed by atoms with Crippen LogP contribution in [0.1, 0.15) is 28.8 Å². The van der Waals surface area contributed by atoms with Gasteiger partial charge in [-0.25, -0.2) is 0 Å². The molecule has 1 unspecified atom stereocenters. The van der Waals surface area contributed by atoms with Crippen LogP contribution in [0, 0.1) is 0 Å². The monoisotopic (exact) mass is 278 g/mol. The van der Waals surface area contributed by atoms with Crippen LogP contribution in [0.2, 0.25) is 0 Å². The van der Waals surface area contributed by atoms with Crippen LogP contribution < -0.4 is 5.73 Å². The van der Waals surface area contributed by atoms with E-state index in [9.17, 15) is 19.5 Å². The molecule has 106 valence electrons. The molecule has 0 spiro atoms. The summed E-state index contributed by atoms with van der Waals surface area (Å²) < 4.78 is 0. The lowest BCUT2D eigenvalue weighted by Crippen LogP contribution is -2.45. The number of phenolic OH excluding ortho intramolecular Hbond substituents is 1. The summed E-state index contributed by atoms with van der Waals surface area (Å²) in [6, 6.07) is 3.54. The van der Waals surface area contributed by atoms with Gasteiger partial charge in [-0.1, -0.05) is 6.07 Å². The molecule has 0 fully saturated rings. The van der Waals surface area contributed by atoms with Crippen molar-refractivity contribution >= 4 is 17.8 Å². The number of fused-ring (bicyclic) bond motifs is 1. The minimum Gasteiger partial charge on any atom is -0.508 e. The first kappa shape index (κ1) is 13.9. The number of aromatic hydroxyl groups is 1. The molecule has 1 aromatic rings. The van der Waals surface area contributed by atoms with Crippen LogP contribution in [0.4, 0.5) is 0 Å². The highest BCUT2D eigenvalue weighted by atomic mass is 16.4. The third-order valence-corrected chi connectivity index (χ3v) is 3.31. The number of phenols is 1. The summed E-state index contributed by atoms with van der Waals surface area (Å²) >= 11 is 0. The standard InChI is InChI=1S/C13H14N2O5/c14-12(19)9(4-5-11(17)18)15-6-8-7(13(15)20)2-1-3-10(8)16/h1-3,9,16H,4-6H2,(H2,14,19)(H,17,18). The maximum atomic E-state index is 12.2. The second-order valence-electron chi connectivity index (χ2n) is 4.59. The number of primary amides is 1. The first-order chi connectivity index (χ1) is 9.41. The van der Waals surface area contributed by atoms with Gasteiger partial charge in [-0.05, 0) is 18.6 Å². The predicted octanol–water partition coefficient (Wildman–Crippen LogP) is 0.0667. The number of carboxylic acid groups (broad SMARTS) is 1. The van der Waals surface area contributed by atoms with E-state index in [0.717, 1.165) is 0 Å². The molecule has 0 bridgehead atoms. The number of nitrogens with zero attached hydrogens (tertiary/aromatic N) is 1. The van der Waals surface area contributed by atoms with Crippen LogP contribution in [0.3, 0.4) is 0 Å². The van der Waals surface area contributed by atoms with Gasteiger partial charge >= 0.3 is 5.97 Å². The quantitative estimate of drug-likeness (QED) is 0.703. The number of rotatable bonds is 5. The van der Waals surface area contributed by atoms with Crippen molar-refractivity contribution in [1.29, 1.82) is 0 Å². The van der Waals surface area contributed by atoms with E-state index in [2.05, 4.69) is 0 Å². The van der Waals surface area contributed by atoms with Crippen molar-refractivity contribution in [3.63, 3.8) is 0 Å². The Morgan fingerprint density at radius 2 is 2.10 bits per heavy atom. The van der Waals surface area contributed by atoms with Gasteiger partial charge in [0.2, 0.25) is 5.91 Å². The van der Waals surface area contributed by atoms with Crippen LogP contribution in [0.25, 0.3) is 0 Å². The average Bonchev–Trinajstić information content (AvgIpc) is 2.69. The molecule has 1 aliphatic heterocycles. The van der Waals surface area contributed by atoms with E-state index in [4.69, 9.17) is 10.8 Å². The van der Waals surface area contributed by atoms with Gasteiger partial charge in [-0.15, -0.1) is 0 Å². The number of carboxylic acids is 1. The van der Waals surface area contributed by atoms with E-state index in [0.29, 0.717) is 11.1 Å². The Morgan fingerprint density at radius 1 is 1.40 bits per heavy atom. The lowest BCUT2D eigenvalue weighted by molar-refractivity contribution is -0.137. The minimum atomic E-state index is -1.07. The topological polar surface area (TPSA) is 121 Å². The van der Waals surface area contributed by atoms with E-state index in [-0.39, 0.29) is 25.1 Å². The fraction of sp³-hybridized carbons (Fsp3) is 0.308. The third kappa shape index (κ3) is 2.42. The predicted molar refractivity (Wildman–Crippen MR) is 67.8 cm³/mol. The molecule has 2 amide bonds. The fourth-order valence-corrected chi connectivity index (χ4v) is 2.30. The zero-order valence-corrected chi connectivity index (χ0v) is 10.6. The number of nitrogens with two attached hydrogens (primary N) is 1. The Hall–Kier alpha value is -2.57. The maximum Gasteiger partial charge on any atom is 0.303 e. The van der Waals surface area contributed by atoms with E-state index in [1.54, 1.807) is 6.07 Å². The Balaban J connectivity index is 2.25. The third-order valence-electron chi connectivity index (χ3n) is 3.31. The molecule has 1 heterocycles. The molecule has 0 saturated heterocycles. The van der Waals surface area contributed by atoms with E-state index < -0.39 is 23.8 Å². The van der Waals surface area contributed by atoms with Crippen molar-refractivity contribution in [3.05, 3.63) is 29.3 Å². The van der Waals surface area contributed by atoms with Gasteiger partial charge in [0.1, 0.15) is 11.8 Å². The molecule has 20 heavy (non-hydrogen) atoms. The van der Waals surface area contributed by atoms with Crippen molar-refractivity contribution in [2.24, 2.45) is 5.73 Å². The molecule has 7 heteroatoms. The zero-order chi connectivity index (χ0) is 14.9. The first-order valence-electron chi connectivity index (χ1n) is 6.04. The van der Waals surface area contributed by atoms with Crippen molar-refractivity contribution in [2.45, 2.75) is 25.4 Å². The highest BCUT2D eigenvalue weighted by Crippen LogP contribution is 2.31. The van der Waals surface area contributed by atoms with E-state index in [1.807, 2.05) is 0 Å². The Morgan fingerprint density at radius 3 is 2.65 bits per heavy atom. The van der Waals surface area contributed by atoms with E-state index in [1.165, 1.54) is 17.0 Å². The van der Waals surface area contributed by atoms with Gasteiger partial charge in [-0.2, -0.15) is 0 Å². The number of amides is 2. The van der Waals surface area contributed by atoms with Crippen LogP contribution in [0.5, 0.6) is 5.75 Å². The van der Waals surface area contributed by atoms with Crippen molar-refractivity contribution in [2.75, 3.05) is 0 Å². The molecule has 4 N–H and O–H groups in total. The zero-order valence-electron chi connectivity index (χ0n) is 10.6. The largest absolute Gasteiger partial charge is 0.508 e. The highest BCUT2D eigenvalue weighted by molar-refractivity contribution is 6.01. The van der Waals surface area contributed by atoms with Gasteiger partial charge in [-0.3, -0.25) is 14.4 Å². The molecule has 1 atom stereocenters. The summed E-state index contributed by atoms with van der Waals surface area (Å²) in [5.74, 6) is -2.28. The minimum absolute atomic E-state index is 0.0280. The molecular weight excluding hydrogens is 264 g/mol. The van der Waals surface area contributed by atoms with Crippen LogP contribution in [-0.2, 0) is 16.1 Å². The van der Waals surface area contributed by atoms with E-state index >= 15 is 0 Å². The lowest BCUT2D eigenvalue weighted by atomic mass is 10.1. The molecule has 0 aliphatic carbocycles. The normalized spacial score (nSPS) is 15.0. The molecule has 2 rings (SSSR count). The second-order valence-corrected chi connectivity index (χ2v) is 4.59. The molecule has 0 radical (unpaired) electrons. The fourth-order valence-electron chi connectivity index (χ4n) is 2.30. The van der Waals surface area contributed by atoms with Crippen molar-refractivity contribution in [1.82, 2.24) is 4.90 Å². The Bertz CT molecular complexity index is 584. The number of carbonyl (C=O) groups is 3. The number of hydrogen-bond acceptors (Lipinski definition) is 4. The molecular formula is C13H14N2O5. The summed E-state index contributed by atoms with van der Waals surface area (Å²) in [6.45, 7) is 0.0497. The van der Waals surface area contributed by atoms with Crippen molar-refractivity contribution < 1.29 is 24.6 Å². The molecule has 7 nitrogen and oxygen atoms in total. The molecule has 0 aromatic heterocycles. The Kier molecular flexibility index (Phi) is 3.60. The summed E-state index contributed by atoms with van der Waals surface area (Å²) in [5, 5.41) is 18.4. The van der Waals surface area contributed by atoms with Crippen molar-refractivity contribution in [3.8, 4) is 5.75 Å². The lowest BCUT2D eigenvalue weighted by Gasteiger charge is -2.24. The molecule has 1 aliphatic rings. The van der Waals surface area contributed by atoms with Gasteiger partial charge in [0, 0.05) is 17.5 Å². The van der Waals surface area contributed by atoms with Crippen LogP contribution in [0.15, 0.2) is 18.2 Å². The smallest absolute Gasteiger partial charge is 0.303 e. The van der Waals surface area contributed by atoms with Gasteiger partial charge < -0.3 is 20.8 Å². The summed E-state index contributed by atoms with van der Waals surface area (Å²) in [5.41, 5.74) is 5.99. The average molecular weight is 278 g/mol. The van der Waals surface area contributed by atoms with Gasteiger partial charge in [0.25, 0.3) is 5.91 Å². The SMILES string of the molecule is NC(=O)C(CCC(=O)O)N1Cc2c(O)cccc2C1=O. The highest BCUT2D eigenvalue weighted by Gasteiger charge is 2.36. The second kappa shape index (κ2) is 5.20. The number of benzene rings is 1. The molecule has 1 aromatic carbocycles. The first-order valence-corrected chi connectivity index (χ1v) is 6.04. The van der Waals surface area contributed by atoms with Gasteiger partial charge in [0.05, 0.1) is 6.54 Å².